The van der Waals surface area contributed by atoms with E-state index < -0.39 is 28.5 Å². The Bertz CT molecular complexity index is 894. The lowest BCUT2D eigenvalue weighted by Crippen LogP contribution is -2.46. The molecule has 0 spiro atoms. The third-order valence-electron chi connectivity index (χ3n) is 4.54. The van der Waals surface area contributed by atoms with Crippen molar-refractivity contribution in [2.24, 2.45) is 5.10 Å². The van der Waals surface area contributed by atoms with Crippen LogP contribution in [0.3, 0.4) is 0 Å². The van der Waals surface area contributed by atoms with Gasteiger partial charge in [0, 0.05) is 25.7 Å². The lowest BCUT2D eigenvalue weighted by molar-refractivity contribution is -0.144. The Kier molecular flexibility index (Phi) is 6.12. The Morgan fingerprint density at radius 1 is 1.29 bits per heavy atom. The molecule has 1 heterocycles. The van der Waals surface area contributed by atoms with Crippen LogP contribution in [0.1, 0.15) is 24.5 Å². The highest BCUT2D eigenvalue weighted by Crippen LogP contribution is 2.50. The fourth-order valence-electron chi connectivity index (χ4n) is 3.00. The molecule has 5 nitrogen and oxygen atoms in total. The second kappa shape index (κ2) is 8.38. The maximum absolute atomic E-state index is 14.4. The molecule has 1 amide bonds. The van der Waals surface area contributed by atoms with Crippen molar-refractivity contribution in [1.29, 1.82) is 0 Å². The molecule has 0 saturated heterocycles. The van der Waals surface area contributed by atoms with Crippen LogP contribution < -0.4 is 0 Å². The molecule has 0 fully saturated rings. The lowest BCUT2D eigenvalue weighted by atomic mass is 10.0. The monoisotopic (exact) mass is 406 g/mol. The third kappa shape index (κ3) is 3.67. The molecular weight excluding hydrogens is 386 g/mol. The van der Waals surface area contributed by atoms with Crippen LogP contribution in [0.15, 0.2) is 53.6 Å². The van der Waals surface area contributed by atoms with E-state index in [-0.39, 0.29) is 23.6 Å². The fourth-order valence-corrected chi connectivity index (χ4v) is 4.37. The molecule has 2 atom stereocenters. The first-order chi connectivity index (χ1) is 13.4. The van der Waals surface area contributed by atoms with E-state index in [9.17, 15) is 18.7 Å². The molecule has 148 valence electrons. The summed E-state index contributed by atoms with van der Waals surface area (Å²) < 4.78 is 33.3. The third-order valence-corrected chi connectivity index (χ3v) is 5.99. The van der Waals surface area contributed by atoms with Gasteiger partial charge in [0.2, 0.25) is 0 Å². The number of carbonyl (C=O) groups excluding carboxylic acids is 1. The predicted octanol–water partition coefficient (Wildman–Crippen LogP) is 3.47. The normalized spacial score (nSPS) is 20.2. The van der Waals surface area contributed by atoms with Gasteiger partial charge in [0.25, 0.3) is 5.91 Å². The summed E-state index contributed by atoms with van der Waals surface area (Å²) in [5.74, 6) is -1.70. The Hall–Kier alpha value is -2.29. The Labute approximate surface area is 166 Å². The van der Waals surface area contributed by atoms with E-state index in [2.05, 4.69) is 5.10 Å². The molecule has 1 aliphatic heterocycles. The van der Waals surface area contributed by atoms with Crippen LogP contribution >= 0.6 is 11.8 Å². The summed E-state index contributed by atoms with van der Waals surface area (Å²) in [5.41, 5.74) is 0.671. The van der Waals surface area contributed by atoms with E-state index in [4.69, 9.17) is 4.74 Å². The number of benzene rings is 2. The predicted molar refractivity (Wildman–Crippen MR) is 104 cm³/mol. The minimum Gasteiger partial charge on any atom is -0.396 e. The SMILES string of the molecule is CO[C@@H](C)C(=O)N1N=C(c2cc(F)ccc2F)SC1(CCO)c1ccccc1. The first-order valence-corrected chi connectivity index (χ1v) is 9.51. The van der Waals surface area contributed by atoms with E-state index in [1.165, 1.54) is 12.1 Å². The Balaban J connectivity index is 2.15. The zero-order chi connectivity index (χ0) is 20.3. The summed E-state index contributed by atoms with van der Waals surface area (Å²) in [6.45, 7) is 1.35. The van der Waals surface area contributed by atoms with Gasteiger partial charge in [-0.15, -0.1) is 0 Å². The van der Waals surface area contributed by atoms with Crippen molar-refractivity contribution in [3.05, 3.63) is 71.3 Å². The summed E-state index contributed by atoms with van der Waals surface area (Å²) in [5, 5.41) is 15.5. The van der Waals surface area contributed by atoms with Gasteiger partial charge in [0.05, 0.1) is 0 Å². The zero-order valence-corrected chi connectivity index (χ0v) is 16.2. The van der Waals surface area contributed by atoms with E-state index >= 15 is 0 Å². The molecule has 1 aliphatic rings. The van der Waals surface area contributed by atoms with Gasteiger partial charge in [-0.25, -0.2) is 13.8 Å². The van der Waals surface area contributed by atoms with Crippen LogP contribution in [-0.4, -0.2) is 40.9 Å². The van der Waals surface area contributed by atoms with Gasteiger partial charge in [-0.2, -0.15) is 5.10 Å². The maximum atomic E-state index is 14.4. The summed E-state index contributed by atoms with van der Waals surface area (Å²) in [7, 11) is 1.40. The summed E-state index contributed by atoms with van der Waals surface area (Å²) >= 11 is 1.11. The highest BCUT2D eigenvalue weighted by Gasteiger charge is 2.49. The van der Waals surface area contributed by atoms with Gasteiger partial charge < -0.3 is 9.84 Å². The van der Waals surface area contributed by atoms with Crippen LogP contribution in [-0.2, 0) is 14.4 Å². The van der Waals surface area contributed by atoms with Crippen LogP contribution in [0.5, 0.6) is 0 Å². The number of hydrogen-bond acceptors (Lipinski definition) is 5. The topological polar surface area (TPSA) is 62.1 Å². The number of halogens is 2. The number of rotatable bonds is 6. The molecule has 0 saturated carbocycles. The lowest BCUT2D eigenvalue weighted by Gasteiger charge is -2.36. The number of carbonyl (C=O) groups is 1. The summed E-state index contributed by atoms with van der Waals surface area (Å²) in [4.78, 5) is 11.9. The van der Waals surface area contributed by atoms with E-state index in [0.717, 1.165) is 30.0 Å². The average Bonchev–Trinajstić information content (AvgIpc) is 3.10. The Morgan fingerprint density at radius 2 is 2.00 bits per heavy atom. The molecule has 3 rings (SSSR count). The maximum Gasteiger partial charge on any atom is 0.273 e. The molecule has 0 bridgehead atoms. The van der Waals surface area contributed by atoms with E-state index in [1.807, 2.05) is 6.07 Å². The van der Waals surface area contributed by atoms with Gasteiger partial charge >= 0.3 is 0 Å². The second-order valence-electron chi connectivity index (χ2n) is 6.28. The first kappa shape index (κ1) is 20.4. The van der Waals surface area contributed by atoms with Gasteiger partial charge in [0.15, 0.2) is 0 Å². The number of nitrogens with zero attached hydrogens (tertiary/aromatic N) is 2. The summed E-state index contributed by atoms with van der Waals surface area (Å²) in [6, 6.07) is 12.1. The van der Waals surface area contributed by atoms with Crippen molar-refractivity contribution in [2.45, 2.75) is 24.3 Å². The minimum atomic E-state index is -1.10. The van der Waals surface area contributed by atoms with Crippen LogP contribution in [0.4, 0.5) is 8.78 Å². The van der Waals surface area contributed by atoms with Gasteiger partial charge in [-0.3, -0.25) is 4.79 Å². The molecule has 2 aromatic rings. The number of ether oxygens (including phenoxy) is 1. The van der Waals surface area contributed by atoms with E-state index in [1.54, 1.807) is 31.2 Å². The van der Waals surface area contributed by atoms with Crippen molar-refractivity contribution >= 4 is 22.7 Å². The zero-order valence-electron chi connectivity index (χ0n) is 15.4. The van der Waals surface area contributed by atoms with Crippen molar-refractivity contribution in [3.63, 3.8) is 0 Å². The Morgan fingerprint density at radius 3 is 2.64 bits per heavy atom. The van der Waals surface area contributed by atoms with Crippen molar-refractivity contribution in [2.75, 3.05) is 13.7 Å². The number of aliphatic hydroxyl groups excluding tert-OH is 1. The molecule has 8 heteroatoms. The number of hydrogen-bond donors (Lipinski definition) is 1. The molecule has 2 aromatic carbocycles. The van der Waals surface area contributed by atoms with Gasteiger partial charge in [0.1, 0.15) is 27.7 Å². The second-order valence-corrected chi connectivity index (χ2v) is 7.55. The molecule has 1 unspecified atom stereocenters. The number of thioether (sulfide) groups is 1. The molecule has 1 N–H and O–H groups in total. The van der Waals surface area contributed by atoms with Crippen LogP contribution in [0.2, 0.25) is 0 Å². The molecule has 0 aromatic heterocycles. The largest absolute Gasteiger partial charge is 0.396 e. The van der Waals surface area contributed by atoms with Crippen molar-refractivity contribution < 1.29 is 23.4 Å². The van der Waals surface area contributed by atoms with E-state index in [0.29, 0.717) is 5.56 Å². The minimum absolute atomic E-state index is 0.0383. The van der Waals surface area contributed by atoms with Gasteiger partial charge in [-0.05, 0) is 30.7 Å². The summed E-state index contributed by atoms with van der Waals surface area (Å²) in [6.07, 6.45) is -0.656. The quantitative estimate of drug-likeness (QED) is 0.798. The average molecular weight is 406 g/mol. The highest BCUT2D eigenvalue weighted by molar-refractivity contribution is 8.15. The molecule has 0 aliphatic carbocycles. The standard InChI is InChI=1S/C20H20F2N2O3S/c1-13(27-2)19(26)24-20(10-11-25,14-6-4-3-5-7-14)28-18(23-24)16-12-15(21)8-9-17(16)22/h3-9,12-13,25H,10-11H2,1-2H3/t13-,20?/m0/s1. The number of methoxy groups -OCH3 is 1. The smallest absolute Gasteiger partial charge is 0.273 e. The first-order valence-electron chi connectivity index (χ1n) is 8.69. The molecule has 0 radical (unpaired) electrons. The number of amides is 1. The molecular formula is C20H20F2N2O3S. The van der Waals surface area contributed by atoms with Gasteiger partial charge in [-0.1, -0.05) is 42.1 Å². The number of hydrazone groups is 1. The highest BCUT2D eigenvalue weighted by atomic mass is 32.2. The number of aliphatic hydroxyl groups is 1. The molecule has 28 heavy (non-hydrogen) atoms. The van der Waals surface area contributed by atoms with Crippen LogP contribution in [0, 0.1) is 11.6 Å². The van der Waals surface area contributed by atoms with Crippen molar-refractivity contribution in [1.82, 2.24) is 5.01 Å². The van der Waals surface area contributed by atoms with Crippen LogP contribution in [0.25, 0.3) is 0 Å². The van der Waals surface area contributed by atoms with Crippen molar-refractivity contribution in [3.8, 4) is 0 Å². The fraction of sp³-hybridized carbons (Fsp3) is 0.300.